The van der Waals surface area contributed by atoms with Gasteiger partial charge in [-0.05, 0) is 49.5 Å². The fourth-order valence-corrected chi connectivity index (χ4v) is 7.80. The highest BCUT2D eigenvalue weighted by atomic mass is 32.2. The van der Waals surface area contributed by atoms with Crippen molar-refractivity contribution in [3.8, 4) is 12.3 Å². The van der Waals surface area contributed by atoms with Gasteiger partial charge in [0.15, 0.2) is 0 Å². The van der Waals surface area contributed by atoms with Crippen molar-refractivity contribution in [1.29, 1.82) is 0 Å². The van der Waals surface area contributed by atoms with Crippen LogP contribution in [0.15, 0.2) is 49.1 Å². The van der Waals surface area contributed by atoms with E-state index in [1.54, 1.807) is 23.3 Å². The van der Waals surface area contributed by atoms with Crippen LogP contribution in [0.25, 0.3) is 0 Å². The zero-order valence-corrected chi connectivity index (χ0v) is 28.2. The lowest BCUT2D eigenvalue weighted by Gasteiger charge is -2.33. The number of nitrogens with zero attached hydrogens (tertiary/aromatic N) is 3. The van der Waals surface area contributed by atoms with E-state index in [2.05, 4.69) is 21.5 Å². The fourth-order valence-electron chi connectivity index (χ4n) is 6.41. The highest BCUT2D eigenvalue weighted by Gasteiger charge is 2.40. The van der Waals surface area contributed by atoms with Gasteiger partial charge in [0, 0.05) is 39.0 Å². The maximum absolute atomic E-state index is 13.9. The van der Waals surface area contributed by atoms with Gasteiger partial charge in [-0.1, -0.05) is 62.4 Å². The molecule has 1 aromatic carbocycles. The molecule has 4 N–H and O–H groups in total. The number of hydrogen-bond acceptors (Lipinski definition) is 7. The van der Waals surface area contributed by atoms with Crippen LogP contribution in [-0.2, 0) is 32.6 Å². The summed E-state index contributed by atoms with van der Waals surface area (Å²) in [5, 5.41) is 27.7. The number of likely N-dealkylation sites (N-methyl/N-ethyl adjacent to an activating group) is 1. The van der Waals surface area contributed by atoms with Crippen molar-refractivity contribution in [3.05, 3.63) is 54.6 Å². The molecule has 5 atom stereocenters. The average Bonchev–Trinajstić information content (AvgIpc) is 3.79. The first kappa shape index (κ1) is 36.6. The summed E-state index contributed by atoms with van der Waals surface area (Å²) in [6, 6.07) is 7.44. The number of sulfonamides is 1. The molecule has 2 saturated carbocycles. The van der Waals surface area contributed by atoms with E-state index in [4.69, 9.17) is 6.42 Å². The molecule has 2 aromatic rings. The van der Waals surface area contributed by atoms with Gasteiger partial charge < -0.3 is 25.4 Å². The Morgan fingerprint density at radius 1 is 1.09 bits per heavy atom. The molecular formula is C35H51N5O6S. The second-order valence-electron chi connectivity index (χ2n) is 13.3. The first-order valence-electron chi connectivity index (χ1n) is 16.9. The third kappa shape index (κ3) is 11.5. The molecule has 0 radical (unpaired) electrons. The number of hydrogen-bond donors (Lipinski definition) is 4. The van der Waals surface area contributed by atoms with Crippen LogP contribution in [0.5, 0.6) is 0 Å². The molecule has 11 nitrogen and oxygen atoms in total. The van der Waals surface area contributed by atoms with Gasteiger partial charge >= 0.3 is 0 Å². The van der Waals surface area contributed by atoms with E-state index in [9.17, 15) is 28.2 Å². The zero-order valence-electron chi connectivity index (χ0n) is 27.4. The van der Waals surface area contributed by atoms with Crippen LogP contribution in [0, 0.1) is 30.1 Å². The van der Waals surface area contributed by atoms with E-state index in [0.717, 1.165) is 44.1 Å². The van der Waals surface area contributed by atoms with Crippen molar-refractivity contribution < 1.29 is 28.2 Å². The van der Waals surface area contributed by atoms with Crippen molar-refractivity contribution >= 4 is 21.8 Å². The van der Waals surface area contributed by atoms with E-state index in [1.807, 2.05) is 30.3 Å². The molecule has 0 saturated heterocycles. The second-order valence-corrected chi connectivity index (χ2v) is 15.4. The quantitative estimate of drug-likeness (QED) is 0.168. The lowest BCUT2D eigenvalue weighted by Crippen LogP contribution is -2.56. The van der Waals surface area contributed by atoms with E-state index in [0.29, 0.717) is 18.9 Å². The average molecular weight is 670 g/mol. The number of benzene rings is 1. The Morgan fingerprint density at radius 3 is 2.45 bits per heavy atom. The van der Waals surface area contributed by atoms with E-state index in [-0.39, 0.29) is 31.7 Å². The molecule has 2 aliphatic carbocycles. The molecule has 0 aliphatic heterocycles. The third-order valence-electron chi connectivity index (χ3n) is 9.53. The standard InChI is InChI=1S/C35H51N5O6S/c1-3-4-15-30(35(44)38-31(23-27-13-9-6-10-14-27)33(42)32(41)28-16-17-28)37-34(43)29(22-26-11-7-5-8-12-26)24-47(45,46)39(2)20-21-40-19-18-36-25-40/h1,5,7-8,11-12,18-19,25,27-33,41-42H,4,6,9-10,13-17,20-24H2,2H3,(H,37,43)(H,38,44)/t29-,30+,31?,32+,33-/m1/s1. The Bertz CT molecular complexity index is 1400. The minimum absolute atomic E-state index is 0.0199. The lowest BCUT2D eigenvalue weighted by molar-refractivity contribution is -0.132. The fraction of sp³-hybridized carbons (Fsp3) is 0.629. The summed E-state index contributed by atoms with van der Waals surface area (Å²) in [5.41, 5.74) is 0.790. The molecule has 2 amide bonds. The van der Waals surface area contributed by atoms with E-state index >= 15 is 0 Å². The minimum atomic E-state index is -3.86. The van der Waals surface area contributed by atoms with Gasteiger partial charge in [-0.25, -0.2) is 17.7 Å². The van der Waals surface area contributed by atoms with Gasteiger partial charge in [-0.15, -0.1) is 12.3 Å². The summed E-state index contributed by atoms with van der Waals surface area (Å²) in [6.07, 6.45) is 16.5. The number of aliphatic hydroxyl groups excluding tert-OH is 2. The number of rotatable bonds is 19. The van der Waals surface area contributed by atoms with Crippen LogP contribution in [0.4, 0.5) is 0 Å². The van der Waals surface area contributed by atoms with Crippen LogP contribution in [-0.4, -0.2) is 87.9 Å². The summed E-state index contributed by atoms with van der Waals surface area (Å²) in [6.45, 7) is 0.603. The monoisotopic (exact) mass is 669 g/mol. The van der Waals surface area contributed by atoms with Crippen LogP contribution >= 0.6 is 0 Å². The van der Waals surface area contributed by atoms with Gasteiger partial charge in [-0.2, -0.15) is 0 Å². The Kier molecular flexibility index (Phi) is 13.8. The van der Waals surface area contributed by atoms with E-state index in [1.165, 1.54) is 17.8 Å². The first-order valence-corrected chi connectivity index (χ1v) is 18.5. The molecule has 0 spiro atoms. The van der Waals surface area contributed by atoms with Crippen LogP contribution in [0.3, 0.4) is 0 Å². The van der Waals surface area contributed by atoms with E-state index < -0.39 is 57.8 Å². The molecule has 4 rings (SSSR count). The van der Waals surface area contributed by atoms with Gasteiger partial charge in [0.25, 0.3) is 0 Å². The van der Waals surface area contributed by atoms with Gasteiger partial charge in [0.1, 0.15) is 12.1 Å². The molecule has 2 fully saturated rings. The zero-order chi connectivity index (χ0) is 33.8. The maximum atomic E-state index is 13.9. The predicted molar refractivity (Wildman–Crippen MR) is 180 cm³/mol. The van der Waals surface area contributed by atoms with Gasteiger partial charge in [0.2, 0.25) is 21.8 Å². The predicted octanol–water partition coefficient (Wildman–Crippen LogP) is 2.49. The normalized spacial score (nSPS) is 18.9. The molecule has 1 heterocycles. The molecule has 1 unspecified atom stereocenters. The molecule has 258 valence electrons. The second kappa shape index (κ2) is 17.8. The minimum Gasteiger partial charge on any atom is -0.390 e. The highest BCUT2D eigenvalue weighted by molar-refractivity contribution is 7.89. The molecule has 47 heavy (non-hydrogen) atoms. The molecule has 12 heteroatoms. The van der Waals surface area contributed by atoms with Gasteiger partial charge in [-0.3, -0.25) is 9.59 Å². The largest absolute Gasteiger partial charge is 0.390 e. The maximum Gasteiger partial charge on any atom is 0.242 e. The van der Waals surface area contributed by atoms with Crippen molar-refractivity contribution in [2.45, 2.75) is 101 Å². The topological polar surface area (TPSA) is 154 Å². The lowest BCUT2D eigenvalue weighted by atomic mass is 9.82. The molecule has 2 aliphatic rings. The van der Waals surface area contributed by atoms with Gasteiger partial charge in [0.05, 0.1) is 30.1 Å². The Labute approximate surface area is 279 Å². The van der Waals surface area contributed by atoms with Crippen molar-refractivity contribution in [3.63, 3.8) is 0 Å². The van der Waals surface area contributed by atoms with Crippen molar-refractivity contribution in [2.24, 2.45) is 17.8 Å². The number of carbonyl (C=O) groups excluding carboxylic acids is 2. The molecule has 1 aromatic heterocycles. The van der Waals surface area contributed by atoms with Crippen LogP contribution < -0.4 is 10.6 Å². The van der Waals surface area contributed by atoms with Crippen LogP contribution in [0.1, 0.15) is 69.8 Å². The first-order chi connectivity index (χ1) is 22.6. The van der Waals surface area contributed by atoms with Crippen molar-refractivity contribution in [1.82, 2.24) is 24.5 Å². The summed E-state index contributed by atoms with van der Waals surface area (Å²) < 4.78 is 30.0. The number of imidazole rings is 1. The highest BCUT2D eigenvalue weighted by Crippen LogP contribution is 2.36. The number of amides is 2. The summed E-state index contributed by atoms with van der Waals surface area (Å²) >= 11 is 0. The number of aromatic nitrogens is 2. The van der Waals surface area contributed by atoms with Crippen LogP contribution in [0.2, 0.25) is 0 Å². The smallest absolute Gasteiger partial charge is 0.242 e. The SMILES string of the molecule is C#CCC[C@H](NC(=O)[C@H](Cc1ccccc1)CS(=O)(=O)N(C)CCn1ccnc1)C(=O)NC(CC1CCCCC1)[C@@H](O)[C@@H](O)C1CC1. The molecular weight excluding hydrogens is 618 g/mol. The number of nitrogens with one attached hydrogen (secondary N) is 2. The number of terminal acetylenes is 1. The summed E-state index contributed by atoms with van der Waals surface area (Å²) in [5.74, 6) is 0.356. The summed E-state index contributed by atoms with van der Waals surface area (Å²) in [7, 11) is -2.38. The third-order valence-corrected chi connectivity index (χ3v) is 11.5. The number of carbonyl (C=O) groups is 2. The van der Waals surface area contributed by atoms with Crippen molar-refractivity contribution in [2.75, 3.05) is 19.3 Å². The summed E-state index contributed by atoms with van der Waals surface area (Å²) in [4.78, 5) is 31.7. The number of aliphatic hydroxyl groups is 2. The Hall–Kier alpha value is -3.24. The Balaban J connectivity index is 1.49. The molecule has 0 bridgehead atoms. The Morgan fingerprint density at radius 2 is 1.81 bits per heavy atom.